The highest BCUT2D eigenvalue weighted by molar-refractivity contribution is 9.08. The van der Waals surface area contributed by atoms with E-state index in [9.17, 15) is 0 Å². The minimum atomic E-state index is 0.162. The van der Waals surface area contributed by atoms with Crippen LogP contribution in [0.15, 0.2) is 130 Å². The van der Waals surface area contributed by atoms with Crippen LogP contribution in [0.5, 0.6) is 0 Å². The summed E-state index contributed by atoms with van der Waals surface area (Å²) in [5.74, 6) is 0. The molecule has 5 aliphatic rings. The van der Waals surface area contributed by atoms with Crippen molar-refractivity contribution < 1.29 is 0 Å². The number of hydrogen-bond donors (Lipinski definition) is 1. The Balaban J connectivity index is 1.33. The van der Waals surface area contributed by atoms with E-state index in [-0.39, 0.29) is 12.1 Å². The number of aromatic amines is 1. The number of fused-ring (bicyclic) bond motifs is 5. The molecule has 2 unspecified atom stereocenters. The summed E-state index contributed by atoms with van der Waals surface area (Å²) in [4.78, 5) is 17.9. The molecule has 4 nitrogen and oxygen atoms in total. The van der Waals surface area contributed by atoms with Crippen LogP contribution in [0.2, 0.25) is 0 Å². The third-order valence-corrected chi connectivity index (χ3v) is 13.4. The van der Waals surface area contributed by atoms with Crippen LogP contribution in [0.1, 0.15) is 77.9 Å². The number of aromatic nitrogens is 1. The third kappa shape index (κ3) is 6.08. The lowest BCUT2D eigenvalue weighted by atomic mass is 9.89. The molecule has 0 spiro atoms. The Morgan fingerprint density at radius 2 is 1.02 bits per heavy atom. The van der Waals surface area contributed by atoms with E-state index in [1.807, 2.05) is 0 Å². The van der Waals surface area contributed by atoms with Crippen LogP contribution in [0.3, 0.4) is 0 Å². The first kappa shape index (κ1) is 37.5. The van der Waals surface area contributed by atoms with Gasteiger partial charge in [-0.1, -0.05) is 93.3 Å². The van der Waals surface area contributed by atoms with Gasteiger partial charge in [0, 0.05) is 44.0 Å². The van der Waals surface area contributed by atoms with Gasteiger partial charge in [-0.15, -0.1) is 0 Å². The van der Waals surface area contributed by atoms with Gasteiger partial charge in [0.25, 0.3) is 0 Å². The second kappa shape index (κ2) is 13.9. The number of alkyl halides is 1. The van der Waals surface area contributed by atoms with Gasteiger partial charge in [0.1, 0.15) is 0 Å². The van der Waals surface area contributed by atoms with Gasteiger partial charge in [0.2, 0.25) is 0 Å². The third-order valence-electron chi connectivity index (χ3n) is 12.8. The standard InChI is InChI=1S/C54H49BrN4/c1-28-20-31(4)47(32(5)21-28)51-41-16-14-39(56-41)50(38-12-10-37(27-55)11-13-38)40-15-19-44(57-40)53(49-35(8)24-30(3)25-36(49)9)54-46-26-45(59(46)54)52(43-18-17-42(51)58-43)48-33(6)22-29(2)23-34(48)7/h10-26,46,54,56H,27H2,1-9H3/b50-39-,51-41+,52-43+,53-44-. The lowest BCUT2D eigenvalue weighted by molar-refractivity contribution is 0.614. The van der Waals surface area contributed by atoms with E-state index in [2.05, 4.69) is 191 Å². The molecule has 1 fully saturated rings. The molecular weight excluding hydrogens is 785 g/mol. The van der Waals surface area contributed by atoms with Crippen molar-refractivity contribution in [3.8, 4) is 0 Å². The summed E-state index contributed by atoms with van der Waals surface area (Å²) in [5, 5.41) is 2.86. The maximum absolute atomic E-state index is 5.66. The van der Waals surface area contributed by atoms with Crippen LogP contribution in [0.25, 0.3) is 22.3 Å². The fourth-order valence-corrected chi connectivity index (χ4v) is 10.9. The molecule has 5 aliphatic heterocycles. The number of hydrogen-bond acceptors (Lipinski definition) is 3. The fraction of sp³-hybridized carbons (Fsp3) is 0.222. The lowest BCUT2D eigenvalue weighted by Gasteiger charge is -2.25. The number of H-pyrrole nitrogens is 1. The number of nitrogens with one attached hydrogen (secondary N) is 1. The molecule has 0 saturated carbocycles. The summed E-state index contributed by atoms with van der Waals surface area (Å²) in [6.45, 7) is 20.1. The topological polar surface area (TPSA) is 43.5 Å². The summed E-state index contributed by atoms with van der Waals surface area (Å²) in [6.07, 6.45) is 11.5. The number of rotatable bonds is 5. The molecule has 5 aromatic rings. The first-order valence-corrected chi connectivity index (χ1v) is 21.9. The van der Waals surface area contributed by atoms with Crippen LogP contribution in [-0.2, 0) is 5.33 Å². The van der Waals surface area contributed by atoms with Gasteiger partial charge in [0.05, 0.1) is 34.9 Å². The van der Waals surface area contributed by atoms with Gasteiger partial charge in [-0.05, 0) is 166 Å². The van der Waals surface area contributed by atoms with E-state index >= 15 is 0 Å². The van der Waals surface area contributed by atoms with Gasteiger partial charge in [-0.3, -0.25) is 0 Å². The Hall–Kier alpha value is -5.78. The largest absolute Gasteiger partial charge is 0.354 e. The van der Waals surface area contributed by atoms with E-state index in [0.29, 0.717) is 0 Å². The summed E-state index contributed by atoms with van der Waals surface area (Å²) in [5.41, 5.74) is 27.5. The lowest BCUT2D eigenvalue weighted by Crippen LogP contribution is -2.22. The predicted molar refractivity (Wildman–Crippen MR) is 251 cm³/mol. The SMILES string of the molecule is Cc1cc(C)c(/C2=C3\C=CC(=N3)/C(c3c(C)cc(C)cc3C)=c3/cc/c([nH]3)=C(\c3ccc(CBr)cc3)C3=N/C(=C(/c4c(C)cc(C)cc4C)C4C5C=C2N54)C=C3)c(C)c1. The van der Waals surface area contributed by atoms with E-state index < -0.39 is 0 Å². The number of benzene rings is 4. The van der Waals surface area contributed by atoms with Crippen LogP contribution in [0, 0.1) is 62.3 Å². The Labute approximate surface area is 356 Å². The molecule has 4 aromatic carbocycles. The highest BCUT2D eigenvalue weighted by atomic mass is 79.9. The molecule has 6 heterocycles. The molecule has 5 heteroatoms. The van der Waals surface area contributed by atoms with Crippen molar-refractivity contribution in [3.05, 3.63) is 209 Å². The highest BCUT2D eigenvalue weighted by Gasteiger charge is 2.58. The average molecular weight is 834 g/mol. The number of allylic oxidation sites excluding steroid dienone is 5. The number of halogens is 1. The first-order chi connectivity index (χ1) is 28.4. The molecule has 292 valence electrons. The zero-order valence-corrected chi connectivity index (χ0v) is 37.0. The van der Waals surface area contributed by atoms with Crippen molar-refractivity contribution in [2.75, 3.05) is 0 Å². The molecule has 1 saturated heterocycles. The van der Waals surface area contributed by atoms with E-state index in [1.54, 1.807) is 0 Å². The van der Waals surface area contributed by atoms with Gasteiger partial charge < -0.3 is 9.88 Å². The second-order valence-corrected chi connectivity index (χ2v) is 17.9. The molecular formula is C54H49BrN4. The predicted octanol–water partition coefficient (Wildman–Crippen LogP) is 10.9. The second-order valence-electron chi connectivity index (χ2n) is 17.3. The monoisotopic (exact) mass is 832 g/mol. The Bertz CT molecular complexity index is 2990. The minimum Gasteiger partial charge on any atom is -0.354 e. The van der Waals surface area contributed by atoms with Crippen LogP contribution in [0.4, 0.5) is 0 Å². The van der Waals surface area contributed by atoms with Crippen molar-refractivity contribution in [2.45, 2.75) is 79.7 Å². The van der Waals surface area contributed by atoms with Crippen molar-refractivity contribution in [1.82, 2.24) is 9.88 Å². The van der Waals surface area contributed by atoms with Gasteiger partial charge in [0.15, 0.2) is 0 Å². The first-order valence-electron chi connectivity index (χ1n) is 20.8. The Morgan fingerprint density at radius 1 is 0.542 bits per heavy atom. The van der Waals surface area contributed by atoms with Crippen LogP contribution < -0.4 is 10.7 Å². The van der Waals surface area contributed by atoms with Crippen LogP contribution in [-0.4, -0.2) is 33.4 Å². The zero-order chi connectivity index (χ0) is 41.0. The van der Waals surface area contributed by atoms with Crippen molar-refractivity contribution in [2.24, 2.45) is 9.98 Å². The van der Waals surface area contributed by atoms with E-state index in [1.165, 1.54) is 89.2 Å². The molecule has 0 amide bonds. The highest BCUT2D eigenvalue weighted by Crippen LogP contribution is 2.57. The smallest absolute Gasteiger partial charge is 0.0817 e. The summed E-state index contributed by atoms with van der Waals surface area (Å²) in [7, 11) is 0. The van der Waals surface area contributed by atoms with E-state index in [0.717, 1.165) is 55.6 Å². The maximum Gasteiger partial charge on any atom is 0.0817 e. The fourth-order valence-electron chi connectivity index (χ4n) is 10.6. The molecule has 2 atom stereocenters. The Kier molecular flexibility index (Phi) is 8.84. The van der Waals surface area contributed by atoms with Crippen LogP contribution >= 0.6 is 15.9 Å². The van der Waals surface area contributed by atoms with Gasteiger partial charge in [-0.2, -0.15) is 0 Å². The number of aliphatic imine (C=N–C) groups is 2. The summed E-state index contributed by atoms with van der Waals surface area (Å²) in [6, 6.07) is 27.7. The quantitative estimate of drug-likeness (QED) is 0.139. The molecule has 1 N–H and O–H groups in total. The number of nitrogens with zero attached hydrogens (tertiary/aromatic N) is 3. The maximum atomic E-state index is 5.66. The normalized spacial score (nSPS) is 23.3. The van der Waals surface area contributed by atoms with Crippen molar-refractivity contribution in [3.63, 3.8) is 0 Å². The summed E-state index contributed by atoms with van der Waals surface area (Å²) < 4.78 is 0. The molecule has 1 aromatic heterocycles. The van der Waals surface area contributed by atoms with Gasteiger partial charge in [-0.25, -0.2) is 9.98 Å². The van der Waals surface area contributed by atoms with E-state index in [4.69, 9.17) is 9.98 Å². The van der Waals surface area contributed by atoms with Crippen molar-refractivity contribution in [1.29, 1.82) is 0 Å². The Morgan fingerprint density at radius 3 is 1.58 bits per heavy atom. The minimum absolute atomic E-state index is 0.162. The molecule has 0 aliphatic carbocycles. The van der Waals surface area contributed by atoms with Gasteiger partial charge >= 0.3 is 0 Å². The number of aryl methyl sites for hydroxylation is 9. The zero-order valence-electron chi connectivity index (χ0n) is 35.4. The average Bonchev–Trinajstić information content (AvgIpc) is 3.74. The molecule has 59 heavy (non-hydrogen) atoms. The molecule has 6 bridgehead atoms. The molecule has 0 radical (unpaired) electrons. The van der Waals surface area contributed by atoms with Crippen molar-refractivity contribution >= 4 is 49.6 Å². The summed E-state index contributed by atoms with van der Waals surface area (Å²) >= 11 is 3.67. The molecule has 10 rings (SSSR count).